The predicted octanol–water partition coefficient (Wildman–Crippen LogP) is 3.09. The zero-order chi connectivity index (χ0) is 12.5. The van der Waals surface area contributed by atoms with Crippen LogP contribution in [0.5, 0.6) is 0 Å². The van der Waals surface area contributed by atoms with E-state index < -0.39 is 0 Å². The number of nitrogens with zero attached hydrogens (tertiary/aromatic N) is 1. The maximum atomic E-state index is 7.78. The highest BCUT2D eigenvalue weighted by Crippen LogP contribution is 2.44. The first-order chi connectivity index (χ1) is 8.17. The number of aryl methyl sites for hydroxylation is 1. The predicted molar refractivity (Wildman–Crippen MR) is 73.5 cm³/mol. The molecule has 0 heterocycles. The van der Waals surface area contributed by atoms with Gasteiger partial charge < -0.3 is 5.41 Å². The van der Waals surface area contributed by atoms with E-state index in [-0.39, 0.29) is 5.41 Å². The Labute approximate surface area is 103 Å². The Kier molecular flexibility index (Phi) is 2.97. The van der Waals surface area contributed by atoms with Gasteiger partial charge in [0.25, 0.3) is 0 Å². The lowest BCUT2D eigenvalue weighted by Crippen LogP contribution is -2.42. The Bertz CT molecular complexity index is 512. The second-order valence-corrected chi connectivity index (χ2v) is 4.58. The van der Waals surface area contributed by atoms with E-state index in [1.807, 2.05) is 13.1 Å². The lowest BCUT2D eigenvalue weighted by atomic mass is 9.60. The average Bonchev–Trinajstić information content (AvgIpc) is 2.31. The normalized spacial score (nSPS) is 23.4. The van der Waals surface area contributed by atoms with Crippen LogP contribution in [0.1, 0.15) is 23.6 Å². The minimum Gasteiger partial charge on any atom is -0.312 e. The lowest BCUT2D eigenvalue weighted by molar-refractivity contribution is 0.611. The van der Waals surface area contributed by atoms with Gasteiger partial charge in [-0.1, -0.05) is 29.8 Å². The molecule has 0 saturated heterocycles. The molecule has 0 saturated carbocycles. The molecule has 88 valence electrons. The Morgan fingerprint density at radius 3 is 2.76 bits per heavy atom. The van der Waals surface area contributed by atoms with Crippen LogP contribution < -0.4 is 0 Å². The first-order valence-electron chi connectivity index (χ1n) is 5.88. The molecule has 0 amide bonds. The Morgan fingerprint density at radius 1 is 1.47 bits per heavy atom. The molecule has 2 heteroatoms. The van der Waals surface area contributed by atoms with Crippen molar-refractivity contribution in [3.8, 4) is 0 Å². The molecule has 1 unspecified atom stereocenters. The number of fused-ring (bicyclic) bond motifs is 1. The van der Waals surface area contributed by atoms with Crippen LogP contribution in [-0.2, 0) is 11.8 Å². The van der Waals surface area contributed by atoms with Crippen LogP contribution in [0.4, 0.5) is 0 Å². The molecule has 1 aromatic rings. The first kappa shape index (κ1) is 11.8. The van der Waals surface area contributed by atoms with Crippen LogP contribution in [0.15, 0.2) is 34.8 Å². The third-order valence-corrected chi connectivity index (χ3v) is 3.55. The molecule has 0 radical (unpaired) electrons. The minimum atomic E-state index is -0.239. The molecule has 1 atom stereocenters. The van der Waals surface area contributed by atoms with Crippen molar-refractivity contribution in [1.82, 2.24) is 0 Å². The van der Waals surface area contributed by atoms with Crippen LogP contribution in [0.25, 0.3) is 0 Å². The average molecular weight is 226 g/mol. The van der Waals surface area contributed by atoms with Gasteiger partial charge in [-0.15, -0.1) is 0 Å². The molecule has 2 nitrogen and oxygen atoms in total. The van der Waals surface area contributed by atoms with Crippen molar-refractivity contribution < 1.29 is 0 Å². The largest absolute Gasteiger partial charge is 0.312 e. The van der Waals surface area contributed by atoms with Crippen molar-refractivity contribution in [2.75, 3.05) is 7.05 Å². The highest BCUT2D eigenvalue weighted by molar-refractivity contribution is 5.95. The smallest absolute Gasteiger partial charge is 0.0602 e. The van der Waals surface area contributed by atoms with Crippen LogP contribution in [0, 0.1) is 12.3 Å². The fourth-order valence-electron chi connectivity index (χ4n) is 2.65. The van der Waals surface area contributed by atoms with Crippen molar-refractivity contribution in [1.29, 1.82) is 5.41 Å². The summed E-state index contributed by atoms with van der Waals surface area (Å²) < 4.78 is 0. The van der Waals surface area contributed by atoms with E-state index in [1.54, 1.807) is 13.3 Å². The molecular weight excluding hydrogens is 208 g/mol. The van der Waals surface area contributed by atoms with Crippen LogP contribution >= 0.6 is 0 Å². The summed E-state index contributed by atoms with van der Waals surface area (Å²) in [4.78, 5) is 4.10. The number of rotatable bonds is 3. The maximum absolute atomic E-state index is 7.78. The molecule has 1 aromatic carbocycles. The fourth-order valence-corrected chi connectivity index (χ4v) is 2.65. The number of nitrogens with one attached hydrogen (secondary N) is 1. The van der Waals surface area contributed by atoms with Crippen molar-refractivity contribution >= 4 is 12.4 Å². The summed E-state index contributed by atoms with van der Waals surface area (Å²) in [5.74, 6) is 0. The first-order valence-corrected chi connectivity index (χ1v) is 5.88. The summed E-state index contributed by atoms with van der Waals surface area (Å²) in [5, 5.41) is 7.78. The van der Waals surface area contributed by atoms with E-state index in [1.165, 1.54) is 16.7 Å². The van der Waals surface area contributed by atoms with E-state index in [2.05, 4.69) is 36.2 Å². The van der Waals surface area contributed by atoms with E-state index in [9.17, 15) is 0 Å². The van der Waals surface area contributed by atoms with E-state index in [0.29, 0.717) is 0 Å². The van der Waals surface area contributed by atoms with Gasteiger partial charge in [-0.05, 0) is 37.0 Å². The minimum absolute atomic E-state index is 0.239. The number of benzene rings is 1. The van der Waals surface area contributed by atoms with Gasteiger partial charge in [-0.3, -0.25) is 4.99 Å². The molecule has 1 aliphatic carbocycles. The molecular formula is C15H18N2. The quantitative estimate of drug-likeness (QED) is 0.769. The standard InChI is InChI=1S/C15H18N2/c1-4-13(9-17-3)15(10-16)8-12-7-11(2)5-6-14(12)15/h4-7,9-10,16H,8H2,1-3H3/b13-4+,16-10?,17-9-. The number of allylic oxidation sites excluding steroid dienone is 2. The Morgan fingerprint density at radius 2 is 2.24 bits per heavy atom. The molecule has 0 aromatic heterocycles. The molecule has 1 aliphatic rings. The van der Waals surface area contributed by atoms with Crippen molar-refractivity contribution in [3.05, 3.63) is 46.5 Å². The Hall–Kier alpha value is -1.70. The Balaban J connectivity index is 2.50. The zero-order valence-corrected chi connectivity index (χ0v) is 10.6. The summed E-state index contributed by atoms with van der Waals surface area (Å²) in [7, 11) is 1.77. The van der Waals surface area contributed by atoms with Crippen LogP contribution in [-0.4, -0.2) is 19.5 Å². The summed E-state index contributed by atoms with van der Waals surface area (Å²) in [6.07, 6.45) is 6.40. The van der Waals surface area contributed by atoms with E-state index in [4.69, 9.17) is 5.41 Å². The second kappa shape index (κ2) is 4.28. The summed E-state index contributed by atoms with van der Waals surface area (Å²) >= 11 is 0. The van der Waals surface area contributed by atoms with Crippen molar-refractivity contribution in [2.24, 2.45) is 4.99 Å². The van der Waals surface area contributed by atoms with Gasteiger partial charge in [0.1, 0.15) is 0 Å². The van der Waals surface area contributed by atoms with Crippen molar-refractivity contribution in [3.63, 3.8) is 0 Å². The van der Waals surface area contributed by atoms with Gasteiger partial charge in [0.2, 0.25) is 0 Å². The summed E-state index contributed by atoms with van der Waals surface area (Å²) in [6.45, 7) is 4.11. The molecule has 0 spiro atoms. The molecule has 0 aliphatic heterocycles. The van der Waals surface area contributed by atoms with Gasteiger partial charge in [-0.25, -0.2) is 0 Å². The number of hydrogen-bond donors (Lipinski definition) is 1. The molecule has 2 rings (SSSR count). The number of hydrogen-bond acceptors (Lipinski definition) is 2. The van der Waals surface area contributed by atoms with Gasteiger partial charge >= 0.3 is 0 Å². The second-order valence-electron chi connectivity index (χ2n) is 4.58. The third-order valence-electron chi connectivity index (χ3n) is 3.55. The van der Waals surface area contributed by atoms with Gasteiger partial charge in [0, 0.05) is 19.5 Å². The number of aliphatic imine (C=N–C) groups is 1. The molecule has 0 fully saturated rings. The third kappa shape index (κ3) is 1.64. The van der Waals surface area contributed by atoms with E-state index >= 15 is 0 Å². The van der Waals surface area contributed by atoms with E-state index in [0.717, 1.165) is 12.0 Å². The molecule has 17 heavy (non-hydrogen) atoms. The highest BCUT2D eigenvalue weighted by Gasteiger charge is 2.43. The SMILES string of the molecule is C/C=C(\C=N/C)C1(C=N)Cc2cc(C)ccc21. The monoisotopic (exact) mass is 226 g/mol. The van der Waals surface area contributed by atoms with Gasteiger partial charge in [0.15, 0.2) is 0 Å². The van der Waals surface area contributed by atoms with Gasteiger partial charge in [-0.2, -0.15) is 0 Å². The molecule has 1 N–H and O–H groups in total. The topological polar surface area (TPSA) is 36.2 Å². The van der Waals surface area contributed by atoms with Gasteiger partial charge in [0.05, 0.1) is 5.41 Å². The fraction of sp³-hybridized carbons (Fsp3) is 0.333. The summed E-state index contributed by atoms with van der Waals surface area (Å²) in [5.41, 5.74) is 4.78. The maximum Gasteiger partial charge on any atom is 0.0602 e. The van der Waals surface area contributed by atoms with Crippen molar-refractivity contribution in [2.45, 2.75) is 25.7 Å². The molecule has 0 bridgehead atoms. The highest BCUT2D eigenvalue weighted by atomic mass is 14.7. The van der Waals surface area contributed by atoms with Crippen LogP contribution in [0.3, 0.4) is 0 Å². The zero-order valence-electron chi connectivity index (χ0n) is 10.6. The summed E-state index contributed by atoms with van der Waals surface area (Å²) in [6, 6.07) is 6.48. The van der Waals surface area contributed by atoms with Crippen LogP contribution in [0.2, 0.25) is 0 Å². The lowest BCUT2D eigenvalue weighted by Gasteiger charge is -2.42.